The van der Waals surface area contributed by atoms with Gasteiger partial charge in [0.25, 0.3) is 0 Å². The van der Waals surface area contributed by atoms with Crippen LogP contribution >= 0.6 is 0 Å². The average molecular weight is 149 g/mol. The van der Waals surface area contributed by atoms with Gasteiger partial charge in [-0.2, -0.15) is 0 Å². The zero-order chi connectivity index (χ0) is 8.10. The van der Waals surface area contributed by atoms with E-state index in [0.717, 1.165) is 12.8 Å². The third-order valence-corrected chi connectivity index (χ3v) is 1.51. The maximum Gasteiger partial charge on any atom is 0.161 e. The second-order valence-corrected chi connectivity index (χ2v) is 2.46. The van der Waals surface area contributed by atoms with Crippen molar-refractivity contribution in [3.8, 4) is 0 Å². The van der Waals surface area contributed by atoms with Crippen LogP contribution in [0.5, 0.6) is 0 Å². The highest BCUT2D eigenvalue weighted by atomic mass is 16.1. The van der Waals surface area contributed by atoms with E-state index in [9.17, 15) is 4.79 Å². The van der Waals surface area contributed by atoms with Crippen molar-refractivity contribution in [2.75, 3.05) is 0 Å². The van der Waals surface area contributed by atoms with E-state index in [2.05, 4.69) is 4.99 Å². The van der Waals surface area contributed by atoms with E-state index in [1.54, 1.807) is 19.3 Å². The van der Waals surface area contributed by atoms with Crippen molar-refractivity contribution in [2.45, 2.75) is 19.8 Å². The molecule has 0 radical (unpaired) electrons. The Bertz CT molecular complexity index is 236. The van der Waals surface area contributed by atoms with E-state index >= 15 is 0 Å². The molecule has 0 aromatic rings. The summed E-state index contributed by atoms with van der Waals surface area (Å²) >= 11 is 0. The molecular weight excluding hydrogens is 138 g/mol. The first-order valence-electron chi connectivity index (χ1n) is 3.70. The SMILES string of the molecule is CC(=O)C1=C\CC\C=C/N=C/1. The first-order chi connectivity index (χ1) is 5.30. The van der Waals surface area contributed by atoms with Gasteiger partial charge >= 0.3 is 0 Å². The van der Waals surface area contributed by atoms with Crippen LogP contribution < -0.4 is 0 Å². The Labute approximate surface area is 66.3 Å². The van der Waals surface area contributed by atoms with Gasteiger partial charge in [0.05, 0.1) is 0 Å². The summed E-state index contributed by atoms with van der Waals surface area (Å²) in [4.78, 5) is 14.8. The largest absolute Gasteiger partial charge is 0.294 e. The molecule has 2 heteroatoms. The third-order valence-electron chi connectivity index (χ3n) is 1.51. The predicted molar refractivity (Wildman–Crippen MR) is 45.6 cm³/mol. The average Bonchev–Trinajstić information content (AvgIpc) is 1.84. The van der Waals surface area contributed by atoms with E-state index in [0.29, 0.717) is 5.57 Å². The highest BCUT2D eigenvalue weighted by Crippen LogP contribution is 2.02. The zero-order valence-corrected chi connectivity index (χ0v) is 6.58. The van der Waals surface area contributed by atoms with Gasteiger partial charge < -0.3 is 0 Å². The highest BCUT2D eigenvalue weighted by molar-refractivity contribution is 6.12. The fourth-order valence-corrected chi connectivity index (χ4v) is 0.881. The van der Waals surface area contributed by atoms with Gasteiger partial charge in [0.2, 0.25) is 0 Å². The van der Waals surface area contributed by atoms with Crippen LogP contribution in [-0.2, 0) is 4.79 Å². The molecule has 0 bridgehead atoms. The first kappa shape index (κ1) is 7.92. The minimum Gasteiger partial charge on any atom is -0.294 e. The molecule has 0 atom stereocenters. The lowest BCUT2D eigenvalue weighted by Gasteiger charge is -1.96. The second-order valence-electron chi connectivity index (χ2n) is 2.46. The van der Waals surface area contributed by atoms with Crippen molar-refractivity contribution in [1.29, 1.82) is 0 Å². The topological polar surface area (TPSA) is 29.4 Å². The Hall–Kier alpha value is -1.18. The number of ketones is 1. The van der Waals surface area contributed by atoms with Gasteiger partial charge in [-0.25, -0.2) is 0 Å². The van der Waals surface area contributed by atoms with Crippen LogP contribution in [0.3, 0.4) is 0 Å². The normalized spacial score (nSPS) is 27.5. The van der Waals surface area contributed by atoms with Crippen LogP contribution in [0.1, 0.15) is 19.8 Å². The molecule has 0 saturated carbocycles. The molecule has 2 nitrogen and oxygen atoms in total. The molecule has 0 aliphatic carbocycles. The fourth-order valence-electron chi connectivity index (χ4n) is 0.881. The lowest BCUT2D eigenvalue weighted by molar-refractivity contribution is -0.113. The molecule has 1 aliphatic heterocycles. The summed E-state index contributed by atoms with van der Waals surface area (Å²) in [6.45, 7) is 1.56. The minimum absolute atomic E-state index is 0.0871. The van der Waals surface area contributed by atoms with Crippen molar-refractivity contribution >= 4 is 12.0 Å². The summed E-state index contributed by atoms with van der Waals surface area (Å²) in [5.74, 6) is 0.0871. The molecule has 0 amide bonds. The number of carbonyl (C=O) groups excluding carboxylic acids is 1. The highest BCUT2D eigenvalue weighted by Gasteiger charge is 1.98. The molecular formula is C9H11NO. The molecule has 0 unspecified atom stereocenters. The Morgan fingerprint density at radius 2 is 2.36 bits per heavy atom. The molecule has 0 aromatic carbocycles. The smallest absolute Gasteiger partial charge is 0.161 e. The molecule has 0 spiro atoms. The summed E-state index contributed by atoms with van der Waals surface area (Å²) in [5.41, 5.74) is 0.717. The molecule has 0 N–H and O–H groups in total. The molecule has 0 aromatic heterocycles. The summed E-state index contributed by atoms with van der Waals surface area (Å²) in [5, 5.41) is 0. The third kappa shape index (κ3) is 2.50. The number of hydrogen-bond donors (Lipinski definition) is 0. The Kier molecular flexibility index (Phi) is 2.78. The maximum absolute atomic E-state index is 10.9. The number of aliphatic imine (C=N–C) groups is 1. The van der Waals surface area contributed by atoms with Crippen LogP contribution in [0, 0.1) is 0 Å². The molecule has 58 valence electrons. The van der Waals surface area contributed by atoms with Crippen molar-refractivity contribution in [1.82, 2.24) is 0 Å². The van der Waals surface area contributed by atoms with Crippen molar-refractivity contribution < 1.29 is 4.79 Å². The number of hydrogen-bond acceptors (Lipinski definition) is 2. The Morgan fingerprint density at radius 3 is 3.09 bits per heavy atom. The monoisotopic (exact) mass is 149 g/mol. The standard InChI is InChI=1S/C9H11NO/c1-8(11)9-5-3-2-4-6-10-7-9/h4-7H,2-3H2,1H3/b6-4-,9-5+,10-7+. The number of rotatable bonds is 1. The van der Waals surface area contributed by atoms with Gasteiger partial charge in [-0.1, -0.05) is 12.2 Å². The van der Waals surface area contributed by atoms with Gasteiger partial charge in [-0.15, -0.1) is 0 Å². The van der Waals surface area contributed by atoms with Gasteiger partial charge in [0.15, 0.2) is 5.78 Å². The van der Waals surface area contributed by atoms with Crippen LogP contribution in [0.25, 0.3) is 0 Å². The van der Waals surface area contributed by atoms with Crippen molar-refractivity contribution in [2.24, 2.45) is 4.99 Å². The van der Waals surface area contributed by atoms with Crippen molar-refractivity contribution in [3.63, 3.8) is 0 Å². The van der Waals surface area contributed by atoms with Gasteiger partial charge in [0, 0.05) is 18.0 Å². The number of carbonyl (C=O) groups is 1. The molecule has 0 fully saturated rings. The van der Waals surface area contributed by atoms with Crippen LogP contribution in [0.4, 0.5) is 0 Å². The van der Waals surface area contributed by atoms with E-state index in [1.807, 2.05) is 12.2 Å². The van der Waals surface area contributed by atoms with Crippen molar-refractivity contribution in [3.05, 3.63) is 23.9 Å². The minimum atomic E-state index is 0.0871. The summed E-state index contributed by atoms with van der Waals surface area (Å²) in [6.07, 6.45) is 9.15. The molecule has 1 aliphatic rings. The van der Waals surface area contributed by atoms with Gasteiger partial charge in [-0.05, 0) is 19.8 Å². The van der Waals surface area contributed by atoms with Gasteiger partial charge in [-0.3, -0.25) is 9.79 Å². The zero-order valence-electron chi connectivity index (χ0n) is 6.58. The first-order valence-corrected chi connectivity index (χ1v) is 3.70. The lowest BCUT2D eigenvalue weighted by atomic mass is 10.1. The second kappa shape index (κ2) is 3.86. The van der Waals surface area contributed by atoms with E-state index in [-0.39, 0.29) is 5.78 Å². The fraction of sp³-hybridized carbons (Fsp3) is 0.333. The van der Waals surface area contributed by atoms with Crippen LogP contribution in [0.2, 0.25) is 0 Å². The molecule has 1 rings (SSSR count). The quantitative estimate of drug-likeness (QED) is 0.559. The van der Waals surface area contributed by atoms with E-state index < -0.39 is 0 Å². The number of Topliss-reactive ketones (excluding diaryl/α,β-unsaturated/α-hetero) is 1. The summed E-state index contributed by atoms with van der Waals surface area (Å²) < 4.78 is 0. The van der Waals surface area contributed by atoms with Crippen LogP contribution in [-0.4, -0.2) is 12.0 Å². The Morgan fingerprint density at radius 1 is 1.55 bits per heavy atom. The lowest BCUT2D eigenvalue weighted by Crippen LogP contribution is -1.98. The Balaban J connectivity index is 2.77. The van der Waals surface area contributed by atoms with Crippen LogP contribution in [0.15, 0.2) is 28.9 Å². The summed E-state index contributed by atoms with van der Waals surface area (Å²) in [7, 11) is 0. The number of nitrogens with zero attached hydrogens (tertiary/aromatic N) is 1. The maximum atomic E-state index is 10.9. The van der Waals surface area contributed by atoms with E-state index in [4.69, 9.17) is 0 Å². The molecule has 1 heterocycles. The van der Waals surface area contributed by atoms with E-state index in [1.165, 1.54) is 0 Å². The van der Waals surface area contributed by atoms with Gasteiger partial charge in [0.1, 0.15) is 0 Å². The predicted octanol–water partition coefficient (Wildman–Crippen LogP) is 1.88. The summed E-state index contributed by atoms with van der Waals surface area (Å²) in [6, 6.07) is 0. The number of allylic oxidation sites excluding steroid dienone is 3. The molecule has 11 heavy (non-hydrogen) atoms. The molecule has 0 saturated heterocycles.